The number of piperazine rings is 1. The largest absolute Gasteiger partial charge is 0.404 e. The Morgan fingerprint density at radius 1 is 1.22 bits per heavy atom. The van der Waals surface area contributed by atoms with Gasteiger partial charge in [0, 0.05) is 49.2 Å². The van der Waals surface area contributed by atoms with E-state index in [9.17, 15) is 4.79 Å². The summed E-state index contributed by atoms with van der Waals surface area (Å²) in [5.74, 6) is 4.90. The molecule has 0 atom stereocenters. The quantitative estimate of drug-likeness (QED) is 0.457. The summed E-state index contributed by atoms with van der Waals surface area (Å²) < 4.78 is 15.3. The molecule has 0 unspecified atom stereocenters. The molecule has 1 aromatic heterocycles. The van der Waals surface area contributed by atoms with Gasteiger partial charge >= 0.3 is 0 Å². The van der Waals surface area contributed by atoms with Gasteiger partial charge in [-0.2, -0.15) is 0 Å². The highest BCUT2D eigenvalue weighted by Crippen LogP contribution is 2.31. The number of halogens is 2. The van der Waals surface area contributed by atoms with Crippen LogP contribution in [0.3, 0.4) is 0 Å². The van der Waals surface area contributed by atoms with E-state index in [-0.39, 0.29) is 10.6 Å². The number of hydrogen-bond acceptors (Lipinski definition) is 6. The van der Waals surface area contributed by atoms with E-state index in [0.29, 0.717) is 53.3 Å². The van der Waals surface area contributed by atoms with Gasteiger partial charge in [-0.25, -0.2) is 14.4 Å². The van der Waals surface area contributed by atoms with Crippen molar-refractivity contribution < 1.29 is 9.18 Å². The number of rotatable bonds is 6. The SMILES string of the molecule is C=C(N)/C=C\C(C#Cc1c(CC)ncnc1-c1cc(F)c(C(=O)N2CCN(CC)CC2)c(Cl)c1)=C/N. The van der Waals surface area contributed by atoms with Crippen LogP contribution in [0.1, 0.15) is 35.5 Å². The molecule has 36 heavy (non-hydrogen) atoms. The van der Waals surface area contributed by atoms with Crippen LogP contribution in [-0.4, -0.2) is 58.4 Å². The second-order valence-corrected chi connectivity index (χ2v) is 8.63. The van der Waals surface area contributed by atoms with E-state index in [1.54, 1.807) is 23.1 Å². The van der Waals surface area contributed by atoms with E-state index in [2.05, 4.69) is 40.2 Å². The van der Waals surface area contributed by atoms with Crippen molar-refractivity contribution in [1.82, 2.24) is 19.8 Å². The van der Waals surface area contributed by atoms with Crippen molar-refractivity contribution in [3.8, 4) is 23.1 Å². The second-order valence-electron chi connectivity index (χ2n) is 8.22. The van der Waals surface area contributed by atoms with Crippen LogP contribution >= 0.6 is 11.6 Å². The summed E-state index contributed by atoms with van der Waals surface area (Å²) in [6.07, 6.45) is 6.55. The number of amides is 1. The van der Waals surface area contributed by atoms with E-state index in [1.807, 2.05) is 6.92 Å². The highest BCUT2D eigenvalue weighted by Gasteiger charge is 2.26. The summed E-state index contributed by atoms with van der Waals surface area (Å²) in [6, 6.07) is 2.82. The normalized spacial score (nSPS) is 14.6. The predicted molar refractivity (Wildman–Crippen MR) is 141 cm³/mol. The fourth-order valence-electron chi connectivity index (χ4n) is 3.85. The van der Waals surface area contributed by atoms with Crippen LogP contribution < -0.4 is 11.5 Å². The van der Waals surface area contributed by atoms with Crippen LogP contribution in [0.5, 0.6) is 0 Å². The Morgan fingerprint density at radius 3 is 2.53 bits per heavy atom. The maximum absolute atomic E-state index is 15.3. The molecule has 1 aromatic carbocycles. The van der Waals surface area contributed by atoms with Crippen LogP contribution in [0, 0.1) is 17.7 Å². The number of carbonyl (C=O) groups excluding carboxylic acids is 1. The molecule has 188 valence electrons. The minimum atomic E-state index is -0.706. The maximum atomic E-state index is 15.3. The number of aromatic nitrogens is 2. The molecule has 2 aromatic rings. The number of benzene rings is 1. The van der Waals surface area contributed by atoms with Gasteiger partial charge in [0.05, 0.1) is 27.5 Å². The summed E-state index contributed by atoms with van der Waals surface area (Å²) >= 11 is 6.47. The van der Waals surface area contributed by atoms with Gasteiger partial charge in [0.25, 0.3) is 5.91 Å². The van der Waals surface area contributed by atoms with Gasteiger partial charge in [-0.05, 0) is 37.3 Å². The first-order valence-electron chi connectivity index (χ1n) is 11.7. The fraction of sp³-hybridized carbons (Fsp3) is 0.296. The van der Waals surface area contributed by atoms with Crippen LogP contribution in [0.15, 0.2) is 54.7 Å². The van der Waals surface area contributed by atoms with Gasteiger partial charge in [-0.3, -0.25) is 4.79 Å². The van der Waals surface area contributed by atoms with E-state index in [4.69, 9.17) is 23.1 Å². The summed E-state index contributed by atoms with van der Waals surface area (Å²) in [5, 5.41) is 0.0235. The van der Waals surface area contributed by atoms with Gasteiger partial charge in [-0.1, -0.05) is 43.9 Å². The number of allylic oxidation sites excluding steroid dienone is 3. The lowest BCUT2D eigenvalue weighted by molar-refractivity contribution is 0.0639. The molecular weight excluding hydrogens is 479 g/mol. The average molecular weight is 509 g/mol. The number of nitrogens with two attached hydrogens (primary N) is 2. The summed E-state index contributed by atoms with van der Waals surface area (Å²) in [7, 11) is 0. The molecule has 1 fully saturated rings. The van der Waals surface area contributed by atoms with Gasteiger partial charge in [-0.15, -0.1) is 0 Å². The van der Waals surface area contributed by atoms with Crippen LogP contribution in [-0.2, 0) is 6.42 Å². The second kappa shape index (κ2) is 12.3. The van der Waals surface area contributed by atoms with Crippen molar-refractivity contribution in [2.75, 3.05) is 32.7 Å². The van der Waals surface area contributed by atoms with Gasteiger partial charge in [0.15, 0.2) is 0 Å². The Balaban J connectivity index is 2.00. The summed E-state index contributed by atoms with van der Waals surface area (Å²) in [4.78, 5) is 25.6. The third-order valence-corrected chi connectivity index (χ3v) is 6.18. The lowest BCUT2D eigenvalue weighted by Crippen LogP contribution is -2.48. The first kappa shape index (κ1) is 26.9. The molecule has 7 nitrogen and oxygen atoms in total. The van der Waals surface area contributed by atoms with Crippen molar-refractivity contribution in [3.05, 3.63) is 82.3 Å². The molecule has 0 aliphatic carbocycles. The first-order valence-corrected chi connectivity index (χ1v) is 12.1. The van der Waals surface area contributed by atoms with Crippen molar-refractivity contribution in [3.63, 3.8) is 0 Å². The van der Waals surface area contributed by atoms with Crippen molar-refractivity contribution in [2.24, 2.45) is 11.5 Å². The molecular formula is C27H30ClFN6O. The Labute approximate surface area is 216 Å². The molecule has 0 bridgehead atoms. The van der Waals surface area contributed by atoms with Gasteiger partial charge in [0.1, 0.15) is 12.1 Å². The fourth-order valence-corrected chi connectivity index (χ4v) is 4.14. The zero-order chi connectivity index (χ0) is 26.2. The molecule has 1 aliphatic heterocycles. The Hall–Kier alpha value is -3.67. The van der Waals surface area contributed by atoms with Crippen LogP contribution in [0.2, 0.25) is 5.02 Å². The van der Waals surface area contributed by atoms with Crippen molar-refractivity contribution >= 4 is 17.5 Å². The molecule has 1 aliphatic rings. The smallest absolute Gasteiger partial charge is 0.258 e. The third kappa shape index (κ3) is 6.30. The highest BCUT2D eigenvalue weighted by molar-refractivity contribution is 6.34. The van der Waals surface area contributed by atoms with Gasteiger partial charge < -0.3 is 21.3 Å². The summed E-state index contributed by atoms with van der Waals surface area (Å²) in [6.45, 7) is 11.1. The monoisotopic (exact) mass is 508 g/mol. The number of hydrogen-bond donors (Lipinski definition) is 2. The Kier molecular flexibility index (Phi) is 9.23. The van der Waals surface area contributed by atoms with Gasteiger partial charge in [0.2, 0.25) is 0 Å². The molecule has 1 saturated heterocycles. The highest BCUT2D eigenvalue weighted by atomic mass is 35.5. The Morgan fingerprint density at radius 2 is 1.94 bits per heavy atom. The molecule has 0 radical (unpaired) electrons. The van der Waals surface area contributed by atoms with Crippen molar-refractivity contribution in [1.29, 1.82) is 0 Å². The lowest BCUT2D eigenvalue weighted by Gasteiger charge is -2.34. The lowest BCUT2D eigenvalue weighted by atomic mass is 10.0. The minimum Gasteiger partial charge on any atom is -0.404 e. The molecule has 3 rings (SSSR count). The molecule has 4 N–H and O–H groups in total. The zero-order valence-corrected chi connectivity index (χ0v) is 21.3. The number of carbonyl (C=O) groups is 1. The number of aryl methyl sites for hydroxylation is 1. The zero-order valence-electron chi connectivity index (χ0n) is 20.5. The standard InChI is InChI=1S/C27H30ClFN6O/c1-4-24-21(9-8-19(16-30)7-6-18(3)31)26(33-17-32-24)20-14-22(28)25(23(29)15-20)27(36)35-12-10-34(5-2)11-13-35/h6-7,14-17H,3-5,10-13,30-31H2,1-2H3/b7-6-,19-16+. The third-order valence-electron chi connectivity index (χ3n) is 5.89. The predicted octanol–water partition coefficient (Wildman–Crippen LogP) is 3.50. The van der Waals surface area contributed by atoms with E-state index in [1.165, 1.54) is 18.6 Å². The Bertz CT molecular complexity index is 1250. The molecule has 0 spiro atoms. The molecule has 1 amide bonds. The van der Waals surface area contributed by atoms with E-state index < -0.39 is 11.7 Å². The van der Waals surface area contributed by atoms with E-state index in [0.717, 1.165) is 19.6 Å². The number of nitrogens with zero attached hydrogens (tertiary/aromatic N) is 4. The summed E-state index contributed by atoms with van der Waals surface area (Å²) in [5.41, 5.74) is 14.0. The molecule has 2 heterocycles. The van der Waals surface area contributed by atoms with Crippen LogP contribution in [0.25, 0.3) is 11.3 Å². The van der Waals surface area contributed by atoms with Crippen molar-refractivity contribution in [2.45, 2.75) is 20.3 Å². The number of likely N-dealkylation sites (N-methyl/N-ethyl adjacent to an activating group) is 1. The topological polar surface area (TPSA) is 101 Å². The first-order chi connectivity index (χ1) is 17.3. The van der Waals surface area contributed by atoms with E-state index >= 15 is 4.39 Å². The average Bonchev–Trinajstić information content (AvgIpc) is 2.88. The molecule has 0 saturated carbocycles. The minimum absolute atomic E-state index is 0.0235. The van der Waals surface area contributed by atoms with Crippen LogP contribution in [0.4, 0.5) is 4.39 Å². The molecule has 9 heteroatoms. The maximum Gasteiger partial charge on any atom is 0.258 e.